The average Bonchev–Trinajstić information content (AvgIpc) is 3.66. The van der Waals surface area contributed by atoms with Gasteiger partial charge in [0.1, 0.15) is 0 Å². The van der Waals surface area contributed by atoms with Gasteiger partial charge in [-0.3, -0.25) is 0 Å². The minimum absolute atomic E-state index is 0.115. The molecular weight excluding hydrogens is 484 g/mol. The van der Waals surface area contributed by atoms with Crippen molar-refractivity contribution in [1.82, 2.24) is 0 Å². The first-order valence-electron chi connectivity index (χ1n) is 13.7. The van der Waals surface area contributed by atoms with Crippen molar-refractivity contribution < 1.29 is 19.2 Å². The zero-order valence-electron chi connectivity index (χ0n) is 21.9. The molecule has 0 saturated carbocycles. The van der Waals surface area contributed by atoms with E-state index in [0.717, 1.165) is 0 Å². The monoisotopic (exact) mass is 520 g/mol. The number of fused-ring (bicyclic) bond motifs is 6. The zero-order valence-corrected chi connectivity index (χ0v) is 24.8. The van der Waals surface area contributed by atoms with Crippen LogP contribution in [-0.2, 0) is 19.2 Å². The predicted octanol–water partition coefficient (Wildman–Crippen LogP) is 9.40. The Morgan fingerprint density at radius 2 is 1.14 bits per heavy atom. The molecule has 0 amide bonds. The number of benzene rings is 4. The average molecular weight is 521 g/mol. The molecule has 0 aromatic heterocycles. The summed E-state index contributed by atoms with van der Waals surface area (Å²) in [4.78, 5) is 0. The molecule has 4 aromatic carbocycles. The molecule has 0 nitrogen and oxygen atoms in total. The summed E-state index contributed by atoms with van der Waals surface area (Å²) in [5, 5.41) is 8.01. The van der Waals surface area contributed by atoms with E-state index in [-0.39, 0.29) is 19.2 Å². The van der Waals surface area contributed by atoms with E-state index in [1.165, 1.54) is 32.7 Å². The summed E-state index contributed by atoms with van der Waals surface area (Å²) >= 11 is -0.115. The molecule has 3 aliphatic rings. The third-order valence-electron chi connectivity index (χ3n) is 8.71. The maximum absolute atomic E-state index is 2.50. The molecule has 7 rings (SSSR count). The van der Waals surface area contributed by atoms with Crippen molar-refractivity contribution in [3.8, 4) is 0 Å². The fourth-order valence-electron chi connectivity index (χ4n) is 6.98. The van der Waals surface area contributed by atoms with Gasteiger partial charge in [0.2, 0.25) is 0 Å². The van der Waals surface area contributed by atoms with Gasteiger partial charge in [-0.1, -0.05) is 24.9 Å². The van der Waals surface area contributed by atoms with Crippen LogP contribution in [0, 0.1) is 0 Å². The van der Waals surface area contributed by atoms with E-state index in [1.807, 2.05) is 0 Å². The van der Waals surface area contributed by atoms with Crippen LogP contribution in [-0.4, -0.2) is 9.52 Å². The number of allylic oxidation sites excluding steroid dienone is 2. The summed E-state index contributed by atoms with van der Waals surface area (Å²) in [5.74, 6) is 1.07. The van der Waals surface area contributed by atoms with Gasteiger partial charge in [0.25, 0.3) is 0 Å². The molecule has 0 radical (unpaired) electrons. The van der Waals surface area contributed by atoms with E-state index in [4.69, 9.17) is 0 Å². The van der Waals surface area contributed by atoms with E-state index in [0.29, 0.717) is 25.6 Å². The Hall–Kier alpha value is -2.19. The van der Waals surface area contributed by atoms with Crippen molar-refractivity contribution in [1.29, 1.82) is 0 Å². The Labute approximate surface area is 227 Å². The van der Waals surface area contributed by atoms with Crippen molar-refractivity contribution in [2.24, 2.45) is 0 Å². The van der Waals surface area contributed by atoms with E-state index < -0.39 is 0 Å². The van der Waals surface area contributed by atoms with Crippen LogP contribution in [0.25, 0.3) is 33.7 Å². The van der Waals surface area contributed by atoms with Crippen LogP contribution in [0.2, 0.25) is 21.5 Å². The Morgan fingerprint density at radius 3 is 1.56 bits per heavy atom. The SMILES string of the molecule is C1CC[SiH2]C1.[CH3][Ti][CH](C1C(C)=Cc2c1ccc1ccccc21)C1C(C)=Cc2c1ccc1ccccc21. The third kappa shape index (κ3) is 4.20. The van der Waals surface area contributed by atoms with Crippen molar-refractivity contribution in [2.45, 2.75) is 60.1 Å². The molecule has 0 spiro atoms. The Kier molecular flexibility index (Phi) is 6.91. The van der Waals surface area contributed by atoms with Crippen molar-refractivity contribution in [3.63, 3.8) is 0 Å². The van der Waals surface area contributed by atoms with Crippen LogP contribution in [0.15, 0.2) is 83.9 Å². The fraction of sp³-hybridized carbons (Fsp3) is 0.294. The quantitative estimate of drug-likeness (QED) is 0.236. The van der Waals surface area contributed by atoms with Gasteiger partial charge >= 0.3 is 194 Å². The molecule has 1 aliphatic heterocycles. The Morgan fingerprint density at radius 1 is 0.667 bits per heavy atom. The first-order chi connectivity index (χ1) is 17.7. The molecule has 2 aliphatic carbocycles. The van der Waals surface area contributed by atoms with Gasteiger partial charge in [-0.15, -0.1) is 0 Å². The summed E-state index contributed by atoms with van der Waals surface area (Å²) in [7, 11) is 0.543. The normalized spacial score (nSPS) is 20.9. The first-order valence-corrected chi connectivity index (χ1v) is 18.2. The van der Waals surface area contributed by atoms with Crippen molar-refractivity contribution in [3.05, 3.63) is 106 Å². The summed E-state index contributed by atoms with van der Waals surface area (Å²) in [6.07, 6.45) is 8.08. The van der Waals surface area contributed by atoms with Gasteiger partial charge in [0.05, 0.1) is 0 Å². The van der Waals surface area contributed by atoms with Crippen LogP contribution < -0.4 is 0 Å². The maximum atomic E-state index is 2.50. The molecule has 2 heteroatoms. The molecule has 1 saturated heterocycles. The van der Waals surface area contributed by atoms with Gasteiger partial charge in [0.15, 0.2) is 0 Å². The molecular formula is C34H36SiTi. The van der Waals surface area contributed by atoms with E-state index in [1.54, 1.807) is 47.2 Å². The molecule has 4 aromatic rings. The van der Waals surface area contributed by atoms with E-state index >= 15 is 0 Å². The molecule has 0 bridgehead atoms. The minimum atomic E-state index is -0.115. The number of rotatable bonds is 3. The van der Waals surface area contributed by atoms with Crippen LogP contribution >= 0.6 is 0 Å². The van der Waals surface area contributed by atoms with Crippen molar-refractivity contribution in [2.75, 3.05) is 0 Å². The van der Waals surface area contributed by atoms with Crippen LogP contribution in [0.4, 0.5) is 0 Å². The van der Waals surface area contributed by atoms with Crippen LogP contribution in [0.5, 0.6) is 0 Å². The van der Waals surface area contributed by atoms with Gasteiger partial charge in [0, 0.05) is 9.52 Å². The summed E-state index contributed by atoms with van der Waals surface area (Å²) in [6.45, 7) is 4.73. The van der Waals surface area contributed by atoms with Gasteiger partial charge in [-0.2, -0.15) is 0 Å². The van der Waals surface area contributed by atoms with Crippen molar-refractivity contribution >= 4 is 43.2 Å². The summed E-state index contributed by atoms with van der Waals surface area (Å²) in [5.41, 5.74) is 9.11. The molecule has 2 unspecified atom stereocenters. The molecule has 1 heterocycles. The molecule has 2 atom stereocenters. The van der Waals surface area contributed by atoms with Gasteiger partial charge < -0.3 is 0 Å². The number of hydrogen-bond acceptors (Lipinski definition) is 0. The fourth-order valence-corrected chi connectivity index (χ4v) is 11.2. The topological polar surface area (TPSA) is 0 Å². The summed E-state index contributed by atoms with van der Waals surface area (Å²) in [6, 6.07) is 30.5. The standard InChI is InChI=1S/C29H23.C4H10Si.CH3.Ti/c1-18-15-28-22-9-5-3-7-20(22)11-13-24(28)26(18)17-27-19(2)16-29-23-10-6-4-8-21(23)12-14-25(27)29;1-2-4-5-3-1;;/h3-17,26-27H,1-2H3;1-5H2;1H3;. The van der Waals surface area contributed by atoms with Gasteiger partial charge in [-0.25, -0.2) is 0 Å². The molecule has 1 fully saturated rings. The van der Waals surface area contributed by atoms with Crippen LogP contribution in [0.3, 0.4) is 0 Å². The second-order valence-corrected chi connectivity index (χ2v) is 15.0. The molecule has 180 valence electrons. The summed E-state index contributed by atoms with van der Waals surface area (Å²) < 4.78 is 0.692. The Bertz CT molecular complexity index is 1380. The van der Waals surface area contributed by atoms with E-state index in [2.05, 4.69) is 104 Å². The second-order valence-electron chi connectivity index (χ2n) is 10.9. The molecule has 36 heavy (non-hydrogen) atoms. The number of hydrogen-bond donors (Lipinski definition) is 0. The molecule has 0 N–H and O–H groups in total. The van der Waals surface area contributed by atoms with Crippen LogP contribution in [0.1, 0.15) is 60.8 Å². The first kappa shape index (κ1) is 24.2. The van der Waals surface area contributed by atoms with E-state index in [9.17, 15) is 0 Å². The van der Waals surface area contributed by atoms with Gasteiger partial charge in [-0.05, 0) is 0 Å². The predicted molar refractivity (Wildman–Crippen MR) is 158 cm³/mol. The Balaban J connectivity index is 0.000000431. The second kappa shape index (κ2) is 10.3. The third-order valence-corrected chi connectivity index (χ3v) is 12.8. The zero-order chi connectivity index (χ0) is 24.6.